The Kier molecular flexibility index (Phi) is 6.56. The van der Waals surface area contributed by atoms with Crippen LogP contribution in [0.3, 0.4) is 0 Å². The van der Waals surface area contributed by atoms with E-state index in [9.17, 15) is 4.39 Å². The van der Waals surface area contributed by atoms with Crippen molar-refractivity contribution in [2.75, 3.05) is 19.6 Å². The van der Waals surface area contributed by atoms with Gasteiger partial charge < -0.3 is 9.72 Å². The van der Waals surface area contributed by atoms with Crippen molar-refractivity contribution in [1.29, 1.82) is 0 Å². The molecule has 0 radical (unpaired) electrons. The predicted molar refractivity (Wildman–Crippen MR) is 148 cm³/mol. The van der Waals surface area contributed by atoms with Crippen LogP contribution in [0.25, 0.3) is 22.3 Å². The van der Waals surface area contributed by atoms with Crippen LogP contribution < -0.4 is 4.74 Å². The highest BCUT2D eigenvalue weighted by Gasteiger charge is 2.37. The first-order chi connectivity index (χ1) is 19.1. The Morgan fingerprint density at radius 2 is 1.92 bits per heavy atom. The molecule has 0 spiro atoms. The van der Waals surface area contributed by atoms with Crippen molar-refractivity contribution < 1.29 is 9.13 Å². The monoisotopic (exact) mass is 529 g/mol. The molecule has 1 aromatic carbocycles. The molecule has 0 unspecified atom stereocenters. The lowest BCUT2D eigenvalue weighted by Gasteiger charge is -2.45. The van der Waals surface area contributed by atoms with Gasteiger partial charge in [-0.2, -0.15) is 5.10 Å². The highest BCUT2D eigenvalue weighted by molar-refractivity contribution is 5.89. The van der Waals surface area contributed by atoms with Crippen LogP contribution in [-0.4, -0.2) is 72.4 Å². The van der Waals surface area contributed by atoms with Crippen LogP contribution in [0.4, 0.5) is 4.39 Å². The molecule has 2 saturated heterocycles. The number of benzene rings is 1. The third-order valence-electron chi connectivity index (χ3n) is 8.99. The Labute approximate surface area is 228 Å². The van der Waals surface area contributed by atoms with Crippen LogP contribution in [0.1, 0.15) is 57.1 Å². The van der Waals surface area contributed by atoms with Gasteiger partial charge in [0.1, 0.15) is 29.6 Å². The van der Waals surface area contributed by atoms with Gasteiger partial charge in [0.15, 0.2) is 0 Å². The topological polar surface area (TPSA) is 75.1 Å². The predicted octanol–water partition coefficient (Wildman–Crippen LogP) is 5.19. The van der Waals surface area contributed by atoms with Gasteiger partial charge in [0.25, 0.3) is 0 Å². The van der Waals surface area contributed by atoms with Gasteiger partial charge in [-0.15, -0.1) is 0 Å². The molecule has 0 bridgehead atoms. The van der Waals surface area contributed by atoms with E-state index in [2.05, 4.69) is 47.7 Å². The second kappa shape index (κ2) is 10.4. The number of rotatable bonds is 7. The first kappa shape index (κ1) is 24.7. The van der Waals surface area contributed by atoms with E-state index in [4.69, 9.17) is 4.74 Å². The quantitative estimate of drug-likeness (QED) is 0.355. The van der Waals surface area contributed by atoms with E-state index in [1.807, 2.05) is 24.5 Å². The fraction of sp³-hybridized carbons (Fsp3) is 0.500. The largest absolute Gasteiger partial charge is 0.490 e. The summed E-state index contributed by atoms with van der Waals surface area (Å²) in [6.07, 6.45) is 14.3. The van der Waals surface area contributed by atoms with Gasteiger partial charge in [-0.3, -0.25) is 14.5 Å². The lowest BCUT2D eigenvalue weighted by atomic mass is 9.84. The van der Waals surface area contributed by atoms with Crippen molar-refractivity contribution in [1.82, 2.24) is 34.5 Å². The second-order valence-electron chi connectivity index (χ2n) is 11.6. The Morgan fingerprint density at radius 3 is 2.74 bits per heavy atom. The summed E-state index contributed by atoms with van der Waals surface area (Å²) < 4.78 is 22.8. The zero-order valence-electron chi connectivity index (χ0n) is 22.5. The van der Waals surface area contributed by atoms with Gasteiger partial charge in [-0.25, -0.2) is 14.4 Å². The summed E-state index contributed by atoms with van der Waals surface area (Å²) in [6.45, 7) is 6.19. The molecule has 3 aliphatic rings. The molecule has 7 rings (SSSR count). The summed E-state index contributed by atoms with van der Waals surface area (Å²) in [5.74, 6) is 0.473. The summed E-state index contributed by atoms with van der Waals surface area (Å²) in [5.41, 5.74) is 3.80. The molecule has 5 heterocycles. The number of hydrogen-bond donors (Lipinski definition) is 1. The number of fused-ring (bicyclic) bond motifs is 1. The van der Waals surface area contributed by atoms with Gasteiger partial charge >= 0.3 is 0 Å². The molecule has 1 atom stereocenters. The average molecular weight is 530 g/mol. The van der Waals surface area contributed by atoms with E-state index < -0.39 is 0 Å². The van der Waals surface area contributed by atoms with Gasteiger partial charge in [-0.05, 0) is 75.8 Å². The third-order valence-corrected chi connectivity index (χ3v) is 8.99. The first-order valence-corrected chi connectivity index (χ1v) is 14.4. The number of aromatic amines is 1. The minimum absolute atomic E-state index is 0.143. The van der Waals surface area contributed by atoms with Crippen molar-refractivity contribution >= 4 is 11.0 Å². The van der Waals surface area contributed by atoms with Crippen molar-refractivity contribution in [3.8, 4) is 17.0 Å². The Morgan fingerprint density at radius 1 is 1.05 bits per heavy atom. The molecule has 3 aromatic heterocycles. The highest BCUT2D eigenvalue weighted by atomic mass is 19.1. The molecular formula is C30H36FN7O. The van der Waals surface area contributed by atoms with Gasteiger partial charge in [-0.1, -0.05) is 0 Å². The fourth-order valence-corrected chi connectivity index (χ4v) is 6.63. The van der Waals surface area contributed by atoms with Crippen LogP contribution in [0.5, 0.6) is 5.75 Å². The zero-order chi connectivity index (χ0) is 26.3. The van der Waals surface area contributed by atoms with Crippen molar-refractivity contribution in [3.63, 3.8) is 0 Å². The van der Waals surface area contributed by atoms with Crippen molar-refractivity contribution in [2.45, 2.75) is 76.2 Å². The number of halogens is 1. The molecule has 3 fully saturated rings. The number of nitrogens with zero attached hydrogens (tertiary/aromatic N) is 6. The summed E-state index contributed by atoms with van der Waals surface area (Å²) in [6, 6.07) is 8.82. The molecule has 8 nitrogen and oxygen atoms in total. The number of piperidine rings is 1. The first-order valence-electron chi connectivity index (χ1n) is 14.4. The van der Waals surface area contributed by atoms with E-state index in [-0.39, 0.29) is 11.9 Å². The normalized spacial score (nSPS) is 24.8. The summed E-state index contributed by atoms with van der Waals surface area (Å²) in [5, 5.41) is 5.69. The molecule has 1 aliphatic carbocycles. The molecule has 204 valence electrons. The molecule has 1 N–H and O–H groups in total. The number of ether oxygens (including phenoxy) is 1. The lowest BCUT2D eigenvalue weighted by Crippen LogP contribution is -2.50. The van der Waals surface area contributed by atoms with Gasteiger partial charge in [0.2, 0.25) is 0 Å². The minimum Gasteiger partial charge on any atom is -0.490 e. The van der Waals surface area contributed by atoms with E-state index in [0.717, 1.165) is 79.7 Å². The zero-order valence-corrected chi connectivity index (χ0v) is 22.5. The summed E-state index contributed by atoms with van der Waals surface area (Å²) in [4.78, 5) is 17.0. The van der Waals surface area contributed by atoms with Crippen LogP contribution >= 0.6 is 0 Å². The van der Waals surface area contributed by atoms with E-state index in [1.54, 1.807) is 18.5 Å². The van der Waals surface area contributed by atoms with E-state index >= 15 is 0 Å². The smallest absolute Gasteiger partial charge is 0.141 e. The number of hydrogen-bond acceptors (Lipinski definition) is 6. The minimum atomic E-state index is -0.202. The standard InChI is InChI=1S/C30H36FN7O/c1-20-3-2-8-37(20)17-21-11-23(31)13-27(12-21)39-26-5-9-36(10-6-26)24-14-25(15-24)38-18-22(16-35-38)29-28-4-7-32-30(28)34-19-33-29/h4,7,11-13,16,18-20,24-26H,2-3,5-6,8-10,14-15,17H2,1H3,(H,32,33,34)/t20-,24?,25?/m0/s1. The summed E-state index contributed by atoms with van der Waals surface area (Å²) >= 11 is 0. The Bertz CT molecular complexity index is 1440. The fourth-order valence-electron chi connectivity index (χ4n) is 6.63. The maximum absolute atomic E-state index is 14.4. The van der Waals surface area contributed by atoms with Crippen LogP contribution in [0, 0.1) is 5.82 Å². The van der Waals surface area contributed by atoms with Crippen LogP contribution in [0.2, 0.25) is 0 Å². The Balaban J connectivity index is 0.910. The lowest BCUT2D eigenvalue weighted by molar-refractivity contribution is 0.0260. The molecular weight excluding hydrogens is 493 g/mol. The SMILES string of the molecule is C[C@H]1CCCN1Cc1cc(F)cc(OC2CCN(C3CC(n4cc(-c5ncnc6[nH]ccc56)cn4)C3)CC2)c1. The number of nitrogens with one attached hydrogen (secondary N) is 1. The van der Waals surface area contributed by atoms with E-state index in [1.165, 1.54) is 12.8 Å². The third kappa shape index (κ3) is 5.05. The maximum atomic E-state index is 14.4. The molecule has 2 aliphatic heterocycles. The molecule has 9 heteroatoms. The number of H-pyrrole nitrogens is 1. The molecule has 39 heavy (non-hydrogen) atoms. The summed E-state index contributed by atoms with van der Waals surface area (Å²) in [7, 11) is 0. The number of likely N-dealkylation sites (tertiary alicyclic amines) is 2. The van der Waals surface area contributed by atoms with Gasteiger partial charge in [0, 0.05) is 61.1 Å². The highest BCUT2D eigenvalue weighted by Crippen LogP contribution is 2.38. The Hall–Kier alpha value is -3.30. The number of aromatic nitrogens is 5. The van der Waals surface area contributed by atoms with Crippen molar-refractivity contribution in [3.05, 3.63) is 60.6 Å². The molecule has 0 amide bonds. The van der Waals surface area contributed by atoms with E-state index in [0.29, 0.717) is 23.9 Å². The van der Waals surface area contributed by atoms with Crippen LogP contribution in [-0.2, 0) is 6.54 Å². The molecule has 1 saturated carbocycles. The van der Waals surface area contributed by atoms with Gasteiger partial charge in [0.05, 0.1) is 17.9 Å². The second-order valence-corrected chi connectivity index (χ2v) is 11.6. The average Bonchev–Trinajstić information content (AvgIpc) is 3.66. The maximum Gasteiger partial charge on any atom is 0.141 e. The van der Waals surface area contributed by atoms with Crippen LogP contribution in [0.15, 0.2) is 49.2 Å². The van der Waals surface area contributed by atoms with Crippen molar-refractivity contribution in [2.24, 2.45) is 0 Å². The molecule has 4 aromatic rings.